The topological polar surface area (TPSA) is 144 Å². The number of likely N-dealkylation sites (tertiary alicyclic amines) is 2. The van der Waals surface area contributed by atoms with Crippen LogP contribution in [0.2, 0.25) is 0 Å². The second kappa shape index (κ2) is 12.7. The van der Waals surface area contributed by atoms with Crippen molar-refractivity contribution in [3.8, 4) is 5.75 Å². The second-order valence-corrected chi connectivity index (χ2v) is 11.3. The third-order valence-electron chi connectivity index (χ3n) is 8.35. The molecule has 1 aromatic heterocycles. The van der Waals surface area contributed by atoms with Gasteiger partial charge in [0.2, 0.25) is 5.91 Å². The van der Waals surface area contributed by atoms with Crippen LogP contribution < -0.4 is 15.5 Å². The number of piperidine rings is 1. The molecule has 0 saturated carbocycles. The Labute approximate surface area is 244 Å². The Balaban J connectivity index is 1.21. The summed E-state index contributed by atoms with van der Waals surface area (Å²) in [6.07, 6.45) is 1.71. The third kappa shape index (κ3) is 6.80. The van der Waals surface area contributed by atoms with Crippen molar-refractivity contribution in [2.24, 2.45) is 0 Å². The molecular weight excluding hydrogens is 538 g/mol. The van der Waals surface area contributed by atoms with E-state index in [0.29, 0.717) is 56.9 Å². The number of aromatic nitrogens is 1. The van der Waals surface area contributed by atoms with Gasteiger partial charge in [-0.2, -0.15) is 0 Å². The molecule has 0 aliphatic carbocycles. The van der Waals surface area contributed by atoms with Crippen molar-refractivity contribution in [2.75, 3.05) is 26.2 Å². The molecule has 0 unspecified atom stereocenters. The number of carbonyl (C=O) groups excluding carboxylic acids is 2. The summed E-state index contributed by atoms with van der Waals surface area (Å²) < 4.78 is 6.03. The van der Waals surface area contributed by atoms with Crippen LogP contribution in [0.5, 0.6) is 5.75 Å². The summed E-state index contributed by atoms with van der Waals surface area (Å²) in [5.74, 6) is -0.265. The first-order valence-electron chi connectivity index (χ1n) is 14.3. The van der Waals surface area contributed by atoms with E-state index >= 15 is 0 Å². The molecular formula is C31H37N5O6. The van der Waals surface area contributed by atoms with E-state index in [4.69, 9.17) is 4.74 Å². The maximum atomic E-state index is 13.3. The van der Waals surface area contributed by atoms with E-state index in [0.717, 1.165) is 35.0 Å². The molecule has 2 aromatic carbocycles. The maximum absolute atomic E-state index is 13.3. The molecule has 5 rings (SSSR count). The predicted molar refractivity (Wildman–Crippen MR) is 155 cm³/mol. The Hall–Kier alpha value is -4.22. The van der Waals surface area contributed by atoms with Crippen LogP contribution in [0, 0.1) is 6.92 Å². The Morgan fingerprint density at radius 3 is 2.52 bits per heavy atom. The zero-order valence-electron chi connectivity index (χ0n) is 23.7. The van der Waals surface area contributed by atoms with Gasteiger partial charge in [0.25, 0.3) is 5.91 Å². The monoisotopic (exact) mass is 575 g/mol. The molecule has 2 aliphatic heterocycles. The molecule has 3 heterocycles. The number of amides is 3. The summed E-state index contributed by atoms with van der Waals surface area (Å²) in [5.41, 5.74) is 4.14. The molecule has 4 N–H and O–H groups in total. The van der Waals surface area contributed by atoms with E-state index < -0.39 is 17.5 Å². The molecule has 42 heavy (non-hydrogen) atoms. The lowest BCUT2D eigenvalue weighted by atomic mass is 9.83. The van der Waals surface area contributed by atoms with E-state index in [-0.39, 0.29) is 18.4 Å². The third-order valence-corrected chi connectivity index (χ3v) is 8.35. The SMILES string of the molecule is Cc1cc(COc2ccc(C(=O)NC3(CC(=O)NO)CCN(C[C@H]4CCCN4C(=O)O)CC3)cc2)c2ccccc2n1. The number of carbonyl (C=O) groups is 3. The molecule has 2 fully saturated rings. The summed E-state index contributed by atoms with van der Waals surface area (Å²) in [5, 5.41) is 22.7. The normalized spacial score (nSPS) is 18.5. The van der Waals surface area contributed by atoms with Crippen LogP contribution in [-0.2, 0) is 11.4 Å². The van der Waals surface area contributed by atoms with Crippen molar-refractivity contribution < 1.29 is 29.4 Å². The summed E-state index contributed by atoms with van der Waals surface area (Å²) in [4.78, 5) is 45.3. The van der Waals surface area contributed by atoms with E-state index in [1.165, 1.54) is 4.90 Å². The van der Waals surface area contributed by atoms with Gasteiger partial charge in [-0.15, -0.1) is 0 Å². The molecule has 2 aliphatic rings. The fourth-order valence-electron chi connectivity index (χ4n) is 6.12. The zero-order chi connectivity index (χ0) is 29.7. The van der Waals surface area contributed by atoms with Crippen LogP contribution in [0.3, 0.4) is 0 Å². The predicted octanol–water partition coefficient (Wildman–Crippen LogP) is 3.72. The molecule has 0 radical (unpaired) electrons. The minimum Gasteiger partial charge on any atom is -0.489 e. The van der Waals surface area contributed by atoms with Crippen LogP contribution >= 0.6 is 0 Å². The highest BCUT2D eigenvalue weighted by atomic mass is 16.5. The van der Waals surface area contributed by atoms with Crippen LogP contribution in [0.1, 0.15) is 53.7 Å². The molecule has 0 bridgehead atoms. The summed E-state index contributed by atoms with van der Waals surface area (Å²) in [6.45, 7) is 4.67. The van der Waals surface area contributed by atoms with Crippen LogP contribution in [0.15, 0.2) is 54.6 Å². The van der Waals surface area contributed by atoms with Gasteiger partial charge in [-0.1, -0.05) is 18.2 Å². The van der Waals surface area contributed by atoms with Gasteiger partial charge in [0, 0.05) is 54.4 Å². The van der Waals surface area contributed by atoms with Gasteiger partial charge < -0.3 is 25.0 Å². The Bertz CT molecular complexity index is 1440. The van der Waals surface area contributed by atoms with Crippen molar-refractivity contribution >= 4 is 28.8 Å². The number of fused-ring (bicyclic) bond motifs is 1. The average Bonchev–Trinajstić information content (AvgIpc) is 3.46. The van der Waals surface area contributed by atoms with Gasteiger partial charge in [-0.3, -0.25) is 19.8 Å². The molecule has 3 aromatic rings. The minimum absolute atomic E-state index is 0.0487. The van der Waals surface area contributed by atoms with E-state index in [1.54, 1.807) is 29.7 Å². The number of carboxylic acid groups (broad SMARTS) is 1. The number of aryl methyl sites for hydroxylation is 1. The standard InChI is InChI=1S/C31H37N5O6/c1-21-17-23(26-6-2-3-7-27(26)32-21)20-42-25-10-8-22(9-11-25)29(38)33-31(18-28(37)34-41)12-15-35(16-13-31)19-24-5-4-14-36(24)30(39)40/h2-3,6-11,17,24,41H,4-5,12-16,18-20H2,1H3,(H,33,38)(H,34,37)(H,39,40)/t24-/m1/s1. The number of benzene rings is 2. The van der Waals surface area contributed by atoms with E-state index in [9.17, 15) is 24.7 Å². The van der Waals surface area contributed by atoms with Crippen LogP contribution in [0.25, 0.3) is 10.9 Å². The molecule has 11 nitrogen and oxygen atoms in total. The number of nitrogens with one attached hydrogen (secondary N) is 2. The average molecular weight is 576 g/mol. The summed E-state index contributed by atoms with van der Waals surface area (Å²) in [7, 11) is 0. The van der Waals surface area contributed by atoms with E-state index in [1.807, 2.05) is 37.3 Å². The minimum atomic E-state index is -0.895. The smallest absolute Gasteiger partial charge is 0.407 e. The van der Waals surface area contributed by atoms with Crippen LogP contribution in [-0.4, -0.2) is 80.8 Å². The Morgan fingerprint density at radius 1 is 1.07 bits per heavy atom. The number of hydrogen-bond acceptors (Lipinski definition) is 7. The largest absolute Gasteiger partial charge is 0.489 e. The lowest BCUT2D eigenvalue weighted by Gasteiger charge is -2.43. The van der Waals surface area contributed by atoms with Crippen molar-refractivity contribution in [3.63, 3.8) is 0 Å². The molecule has 11 heteroatoms. The van der Waals surface area contributed by atoms with Gasteiger partial charge >= 0.3 is 6.09 Å². The summed E-state index contributed by atoms with van der Waals surface area (Å²) >= 11 is 0. The molecule has 222 valence electrons. The number of ether oxygens (including phenoxy) is 1. The van der Waals surface area contributed by atoms with Gasteiger partial charge in [0.1, 0.15) is 12.4 Å². The lowest BCUT2D eigenvalue weighted by Crippen LogP contribution is -2.58. The highest BCUT2D eigenvalue weighted by Gasteiger charge is 2.39. The van der Waals surface area contributed by atoms with Gasteiger partial charge in [0.05, 0.1) is 17.5 Å². The molecule has 1 atom stereocenters. The Kier molecular flexibility index (Phi) is 8.89. The van der Waals surface area contributed by atoms with Crippen molar-refractivity contribution in [3.05, 3.63) is 71.4 Å². The number of rotatable bonds is 9. The number of pyridine rings is 1. The van der Waals surface area contributed by atoms with Crippen molar-refractivity contribution in [1.82, 2.24) is 25.6 Å². The second-order valence-electron chi connectivity index (χ2n) is 11.3. The first-order chi connectivity index (χ1) is 20.2. The first-order valence-corrected chi connectivity index (χ1v) is 14.3. The molecule has 3 amide bonds. The fraction of sp³-hybridized carbons (Fsp3) is 0.419. The molecule has 0 spiro atoms. The van der Waals surface area contributed by atoms with Gasteiger partial charge in [0.15, 0.2) is 0 Å². The fourth-order valence-corrected chi connectivity index (χ4v) is 6.12. The van der Waals surface area contributed by atoms with Crippen LogP contribution in [0.4, 0.5) is 4.79 Å². The van der Waals surface area contributed by atoms with Gasteiger partial charge in [-0.25, -0.2) is 10.3 Å². The number of nitrogens with zero attached hydrogens (tertiary/aromatic N) is 3. The highest BCUT2D eigenvalue weighted by Crippen LogP contribution is 2.29. The maximum Gasteiger partial charge on any atom is 0.407 e. The Morgan fingerprint density at radius 2 is 1.81 bits per heavy atom. The number of hydrogen-bond donors (Lipinski definition) is 4. The van der Waals surface area contributed by atoms with Gasteiger partial charge in [-0.05, 0) is 69.0 Å². The van der Waals surface area contributed by atoms with Crippen molar-refractivity contribution in [1.29, 1.82) is 0 Å². The van der Waals surface area contributed by atoms with Crippen molar-refractivity contribution in [2.45, 2.75) is 57.2 Å². The quantitative estimate of drug-likeness (QED) is 0.223. The van der Waals surface area contributed by atoms with E-state index in [2.05, 4.69) is 15.2 Å². The number of para-hydroxylation sites is 1. The first kappa shape index (κ1) is 29.3. The zero-order valence-corrected chi connectivity index (χ0v) is 23.7. The lowest BCUT2D eigenvalue weighted by molar-refractivity contribution is -0.131. The highest BCUT2D eigenvalue weighted by molar-refractivity contribution is 5.95. The number of hydroxylamine groups is 1. The summed E-state index contributed by atoms with van der Waals surface area (Å²) in [6, 6.07) is 16.8. The molecule has 2 saturated heterocycles.